The molecular weight excluding hydrogens is 373 g/mol. The van der Waals surface area contributed by atoms with Crippen LogP contribution in [0.15, 0.2) is 0 Å². The molecule has 1 unspecified atom stereocenters. The molecule has 0 bridgehead atoms. The molecule has 4 aliphatic rings. The van der Waals surface area contributed by atoms with E-state index in [2.05, 4.69) is 25.4 Å². The van der Waals surface area contributed by atoms with Gasteiger partial charge >= 0.3 is 0 Å². The van der Waals surface area contributed by atoms with Gasteiger partial charge in [0.2, 0.25) is 0 Å². The predicted octanol–water partition coefficient (Wildman–Crippen LogP) is 2.76. The predicted molar refractivity (Wildman–Crippen MR) is 97.8 cm³/mol. The standard InChI is InChI=1S/C18H32NO7P/c1-16(2,3)19-8-9-21-27(19)26-13-12(11-10-20-17(4,5)23-11)22-15-14(13)24-18(6,7)25-15/h11-15H,8-10H2,1-7H3/t11-,12+,13-,14+,15-,27?/m1/s1. The molecule has 156 valence electrons. The van der Waals surface area contributed by atoms with Crippen LogP contribution in [0, 0.1) is 0 Å². The highest BCUT2D eigenvalue weighted by atomic mass is 31.2. The van der Waals surface area contributed by atoms with Crippen molar-refractivity contribution in [1.29, 1.82) is 0 Å². The second-order valence-electron chi connectivity index (χ2n) is 9.37. The van der Waals surface area contributed by atoms with E-state index >= 15 is 0 Å². The van der Waals surface area contributed by atoms with Crippen LogP contribution in [-0.4, -0.2) is 72.2 Å². The topological polar surface area (TPSA) is 67.9 Å². The lowest BCUT2D eigenvalue weighted by Crippen LogP contribution is -2.44. The fraction of sp³-hybridized carbons (Fsp3) is 1.00. The third-order valence-corrected chi connectivity index (χ3v) is 7.13. The highest BCUT2D eigenvalue weighted by Crippen LogP contribution is 2.55. The Hall–Kier alpha value is 0.110. The van der Waals surface area contributed by atoms with E-state index in [1.165, 1.54) is 0 Å². The molecule has 0 N–H and O–H groups in total. The van der Waals surface area contributed by atoms with Crippen LogP contribution in [-0.2, 0) is 32.7 Å². The zero-order chi connectivity index (χ0) is 19.6. The molecule has 0 radical (unpaired) electrons. The molecule has 0 aliphatic carbocycles. The van der Waals surface area contributed by atoms with Gasteiger partial charge in [-0.05, 0) is 48.5 Å². The maximum atomic E-state index is 6.51. The first-order valence-electron chi connectivity index (χ1n) is 9.65. The zero-order valence-electron chi connectivity index (χ0n) is 17.3. The number of hydrogen-bond donors (Lipinski definition) is 0. The van der Waals surface area contributed by atoms with Crippen molar-refractivity contribution >= 4 is 8.53 Å². The first-order valence-corrected chi connectivity index (χ1v) is 10.8. The minimum absolute atomic E-state index is 0.0438. The minimum Gasteiger partial charge on any atom is -0.348 e. The van der Waals surface area contributed by atoms with Crippen molar-refractivity contribution in [2.75, 3.05) is 19.8 Å². The molecule has 0 aromatic heterocycles. The van der Waals surface area contributed by atoms with E-state index in [-0.39, 0.29) is 30.0 Å². The number of rotatable bonds is 3. The van der Waals surface area contributed by atoms with Crippen LogP contribution >= 0.6 is 8.53 Å². The van der Waals surface area contributed by atoms with Crippen LogP contribution in [0.3, 0.4) is 0 Å². The van der Waals surface area contributed by atoms with Crippen molar-refractivity contribution in [3.8, 4) is 0 Å². The van der Waals surface area contributed by atoms with Crippen molar-refractivity contribution in [3.63, 3.8) is 0 Å². The molecule has 0 saturated carbocycles. The Balaban J connectivity index is 1.54. The van der Waals surface area contributed by atoms with Crippen molar-refractivity contribution in [2.45, 2.75) is 96.3 Å². The van der Waals surface area contributed by atoms with E-state index in [9.17, 15) is 0 Å². The zero-order valence-corrected chi connectivity index (χ0v) is 18.2. The summed E-state index contributed by atoms with van der Waals surface area (Å²) in [5.41, 5.74) is -0.0438. The smallest absolute Gasteiger partial charge is 0.259 e. The van der Waals surface area contributed by atoms with Crippen LogP contribution in [0.4, 0.5) is 0 Å². The fourth-order valence-electron chi connectivity index (χ4n) is 3.93. The van der Waals surface area contributed by atoms with Gasteiger partial charge < -0.3 is 32.7 Å². The molecule has 4 rings (SSSR count). The molecular formula is C18H32NO7P. The summed E-state index contributed by atoms with van der Waals surface area (Å²) in [6.45, 7) is 16.0. The first kappa shape index (κ1) is 20.4. The summed E-state index contributed by atoms with van der Waals surface area (Å²) in [5, 5.41) is 0. The molecule has 4 aliphatic heterocycles. The molecule has 0 amide bonds. The van der Waals surface area contributed by atoms with Crippen LogP contribution in [0.2, 0.25) is 0 Å². The van der Waals surface area contributed by atoms with E-state index in [4.69, 9.17) is 32.7 Å². The van der Waals surface area contributed by atoms with Crippen LogP contribution < -0.4 is 0 Å². The Morgan fingerprint density at radius 1 is 1.00 bits per heavy atom. The Kier molecular flexibility index (Phi) is 5.15. The Morgan fingerprint density at radius 2 is 1.74 bits per heavy atom. The lowest BCUT2D eigenvalue weighted by molar-refractivity contribution is -0.230. The van der Waals surface area contributed by atoms with E-state index in [0.29, 0.717) is 13.2 Å². The Bertz CT molecular complexity index is 566. The summed E-state index contributed by atoms with van der Waals surface area (Å²) < 4.78 is 44.8. The summed E-state index contributed by atoms with van der Waals surface area (Å²) in [6.07, 6.45) is -1.75. The summed E-state index contributed by atoms with van der Waals surface area (Å²) in [7, 11) is -1.21. The normalized spacial score (nSPS) is 44.1. The van der Waals surface area contributed by atoms with Crippen LogP contribution in [0.5, 0.6) is 0 Å². The van der Waals surface area contributed by atoms with Gasteiger partial charge in [-0.15, -0.1) is 0 Å². The van der Waals surface area contributed by atoms with E-state index in [0.717, 1.165) is 6.54 Å². The van der Waals surface area contributed by atoms with Crippen molar-refractivity contribution < 1.29 is 32.7 Å². The fourth-order valence-corrected chi connectivity index (χ4v) is 5.66. The van der Waals surface area contributed by atoms with E-state index in [1.807, 2.05) is 27.7 Å². The second kappa shape index (κ2) is 6.83. The van der Waals surface area contributed by atoms with Crippen molar-refractivity contribution in [1.82, 2.24) is 4.67 Å². The number of nitrogens with zero attached hydrogens (tertiary/aromatic N) is 1. The first-order chi connectivity index (χ1) is 12.5. The van der Waals surface area contributed by atoms with Crippen LogP contribution in [0.25, 0.3) is 0 Å². The van der Waals surface area contributed by atoms with Crippen LogP contribution in [0.1, 0.15) is 48.5 Å². The SMILES string of the molecule is CC1(C)O[C@H]2O[C@@H]([C@H]3COC(C)(C)O3)[C@@H](OP3OCCN3C(C)(C)C)[C@@H]2O1. The molecule has 4 fully saturated rings. The van der Waals surface area contributed by atoms with Crippen molar-refractivity contribution in [3.05, 3.63) is 0 Å². The maximum absolute atomic E-state index is 6.51. The molecule has 8 nitrogen and oxygen atoms in total. The van der Waals surface area contributed by atoms with E-state index in [1.54, 1.807) is 0 Å². The largest absolute Gasteiger partial charge is 0.348 e. The molecule has 27 heavy (non-hydrogen) atoms. The number of fused-ring (bicyclic) bond motifs is 1. The van der Waals surface area contributed by atoms with Crippen molar-refractivity contribution in [2.24, 2.45) is 0 Å². The third-order valence-electron chi connectivity index (χ3n) is 5.11. The average molecular weight is 405 g/mol. The molecule has 6 atom stereocenters. The minimum atomic E-state index is -1.21. The number of hydrogen-bond acceptors (Lipinski definition) is 8. The molecule has 0 spiro atoms. The summed E-state index contributed by atoms with van der Waals surface area (Å²) in [5.74, 6) is -1.34. The summed E-state index contributed by atoms with van der Waals surface area (Å²) in [6, 6.07) is 0. The maximum Gasteiger partial charge on any atom is 0.259 e. The van der Waals surface area contributed by atoms with E-state index < -0.39 is 26.4 Å². The Labute approximate surface area is 162 Å². The van der Waals surface area contributed by atoms with Gasteiger partial charge in [0, 0.05) is 12.1 Å². The van der Waals surface area contributed by atoms with Gasteiger partial charge in [-0.2, -0.15) is 0 Å². The summed E-state index contributed by atoms with van der Waals surface area (Å²) in [4.78, 5) is 0. The molecule has 4 saturated heterocycles. The lowest BCUT2D eigenvalue weighted by Gasteiger charge is -2.36. The van der Waals surface area contributed by atoms with Gasteiger partial charge in [0.25, 0.3) is 8.53 Å². The van der Waals surface area contributed by atoms with Gasteiger partial charge in [0.1, 0.15) is 24.4 Å². The average Bonchev–Trinajstić information content (AvgIpc) is 3.23. The highest BCUT2D eigenvalue weighted by Gasteiger charge is 2.60. The molecule has 0 aromatic rings. The van der Waals surface area contributed by atoms with Gasteiger partial charge in [0.15, 0.2) is 17.9 Å². The second-order valence-corrected chi connectivity index (χ2v) is 10.8. The molecule has 9 heteroatoms. The monoisotopic (exact) mass is 405 g/mol. The third kappa shape index (κ3) is 4.06. The number of ether oxygens (including phenoxy) is 5. The van der Waals surface area contributed by atoms with Gasteiger partial charge in [0.05, 0.1) is 13.2 Å². The lowest BCUT2D eigenvalue weighted by atomic mass is 10.1. The van der Waals surface area contributed by atoms with Gasteiger partial charge in [-0.3, -0.25) is 0 Å². The molecule has 0 aromatic carbocycles. The van der Waals surface area contributed by atoms with Gasteiger partial charge in [-0.25, -0.2) is 4.67 Å². The van der Waals surface area contributed by atoms with Gasteiger partial charge in [-0.1, -0.05) is 0 Å². The quantitative estimate of drug-likeness (QED) is 0.664. The highest BCUT2D eigenvalue weighted by molar-refractivity contribution is 7.44. The molecule has 4 heterocycles. The Morgan fingerprint density at radius 3 is 2.37 bits per heavy atom. The summed E-state index contributed by atoms with van der Waals surface area (Å²) >= 11 is 0.